The maximum absolute atomic E-state index is 6.90. The first-order valence-corrected chi connectivity index (χ1v) is 13.4. The second-order valence-electron chi connectivity index (χ2n) is 10.5. The third-order valence-corrected chi connectivity index (χ3v) is 8.22. The van der Waals surface area contributed by atoms with Gasteiger partial charge >= 0.3 is 0 Å². The van der Waals surface area contributed by atoms with E-state index in [4.69, 9.17) is 4.42 Å². The zero-order chi connectivity index (χ0) is 24.5. The molecule has 4 heteroatoms. The highest BCUT2D eigenvalue weighted by Gasteiger charge is 2.47. The zero-order valence-electron chi connectivity index (χ0n) is 20.9. The van der Waals surface area contributed by atoms with Gasteiger partial charge in [0.25, 0.3) is 6.71 Å². The van der Waals surface area contributed by atoms with Crippen LogP contribution in [0.4, 0.5) is 34.1 Å². The first-order chi connectivity index (χ1) is 18.3. The van der Waals surface area contributed by atoms with Crippen LogP contribution in [0.2, 0.25) is 0 Å². The molecule has 37 heavy (non-hydrogen) atoms. The van der Waals surface area contributed by atoms with Crippen molar-refractivity contribution < 1.29 is 4.42 Å². The first-order valence-electron chi connectivity index (χ1n) is 13.4. The lowest BCUT2D eigenvalue weighted by atomic mass is 9.35. The van der Waals surface area contributed by atoms with E-state index in [2.05, 4.69) is 114 Å². The summed E-state index contributed by atoms with van der Waals surface area (Å²) in [6, 6.07) is 35.2. The maximum Gasteiger partial charge on any atom is 0.297 e. The standard InChI is InChI=1S/C33H27BN2O/c1-22-20-28-31-29(21-22)36(24-14-6-3-7-15-24)32-25-16-8-11-19-30(25)37-33(32)34(31)26-17-9-10-18-27(26)35(28)23-12-4-2-5-13-23/h2-7,9-10,12-15,17-18,20-21H,8,11,16,19H2,1H3. The van der Waals surface area contributed by atoms with Gasteiger partial charge in [0.15, 0.2) is 0 Å². The van der Waals surface area contributed by atoms with E-state index >= 15 is 0 Å². The molecule has 0 N–H and O–H groups in total. The lowest BCUT2D eigenvalue weighted by molar-refractivity contribution is 0.497. The molecule has 0 saturated heterocycles. The van der Waals surface area contributed by atoms with Gasteiger partial charge in [-0.25, -0.2) is 0 Å². The Morgan fingerprint density at radius 3 is 2.05 bits per heavy atom. The SMILES string of the molecule is Cc1cc2c3c(c1)N(c1ccccc1)c1c(oc4c1CCCC4)B3c1ccccc1N2c1ccccc1. The molecule has 0 spiro atoms. The molecular weight excluding hydrogens is 451 g/mol. The summed E-state index contributed by atoms with van der Waals surface area (Å²) in [7, 11) is 0. The van der Waals surface area contributed by atoms with Gasteiger partial charge in [-0.15, -0.1) is 0 Å². The molecule has 5 aromatic rings. The molecule has 8 rings (SSSR count). The highest BCUT2D eigenvalue weighted by molar-refractivity contribution is 6.99. The lowest BCUT2D eigenvalue weighted by Gasteiger charge is -2.42. The van der Waals surface area contributed by atoms with Crippen molar-refractivity contribution in [2.24, 2.45) is 0 Å². The van der Waals surface area contributed by atoms with Crippen LogP contribution >= 0.6 is 0 Å². The van der Waals surface area contributed by atoms with Gasteiger partial charge in [-0.05, 0) is 85.1 Å². The second-order valence-corrected chi connectivity index (χ2v) is 10.5. The van der Waals surface area contributed by atoms with Crippen LogP contribution in [0.25, 0.3) is 0 Å². The van der Waals surface area contributed by atoms with Crippen LogP contribution in [-0.4, -0.2) is 6.71 Å². The van der Waals surface area contributed by atoms with Gasteiger partial charge in [-0.3, -0.25) is 0 Å². The molecular formula is C33H27BN2O. The number of hydrogen-bond acceptors (Lipinski definition) is 3. The molecule has 3 aliphatic rings. The fourth-order valence-corrected chi connectivity index (χ4v) is 6.75. The van der Waals surface area contributed by atoms with Crippen molar-refractivity contribution in [3.05, 3.63) is 114 Å². The van der Waals surface area contributed by atoms with Crippen LogP contribution < -0.4 is 26.4 Å². The molecule has 1 aliphatic carbocycles. The molecule has 0 atom stereocenters. The Morgan fingerprint density at radius 1 is 0.676 bits per heavy atom. The van der Waals surface area contributed by atoms with Crippen LogP contribution in [0, 0.1) is 6.92 Å². The Balaban J connectivity index is 1.50. The fourth-order valence-electron chi connectivity index (χ4n) is 6.75. The summed E-state index contributed by atoms with van der Waals surface area (Å²) in [6.07, 6.45) is 4.52. The van der Waals surface area contributed by atoms with Gasteiger partial charge in [0.05, 0.1) is 11.3 Å². The van der Waals surface area contributed by atoms with Crippen LogP contribution in [0.1, 0.15) is 29.7 Å². The molecule has 3 nitrogen and oxygen atoms in total. The van der Waals surface area contributed by atoms with E-state index in [9.17, 15) is 0 Å². The summed E-state index contributed by atoms with van der Waals surface area (Å²) in [5.41, 5.74) is 13.8. The van der Waals surface area contributed by atoms with E-state index in [1.165, 1.54) is 74.8 Å². The average molecular weight is 478 g/mol. The highest BCUT2D eigenvalue weighted by atomic mass is 16.3. The number of aryl methyl sites for hydroxylation is 2. The molecule has 0 saturated carbocycles. The number of para-hydroxylation sites is 3. The minimum absolute atomic E-state index is 0.0716. The number of fused-ring (bicyclic) bond motifs is 6. The third kappa shape index (κ3) is 2.96. The van der Waals surface area contributed by atoms with Crippen LogP contribution in [0.3, 0.4) is 0 Å². The molecule has 0 bridgehead atoms. The quantitative estimate of drug-likeness (QED) is 0.263. The number of benzene rings is 4. The predicted molar refractivity (Wildman–Crippen MR) is 154 cm³/mol. The molecule has 1 aromatic heterocycles. The van der Waals surface area contributed by atoms with Crippen LogP contribution in [0.5, 0.6) is 0 Å². The van der Waals surface area contributed by atoms with Gasteiger partial charge in [0.2, 0.25) is 0 Å². The molecule has 2 aliphatic heterocycles. The number of hydrogen-bond donors (Lipinski definition) is 0. The summed E-state index contributed by atoms with van der Waals surface area (Å²) in [6.45, 7) is 2.29. The van der Waals surface area contributed by atoms with Crippen molar-refractivity contribution in [3.63, 3.8) is 0 Å². The second kappa shape index (κ2) is 7.91. The third-order valence-electron chi connectivity index (χ3n) is 8.22. The Hall–Kier alpha value is -4.18. The Bertz CT molecular complexity index is 1660. The highest BCUT2D eigenvalue weighted by Crippen LogP contribution is 2.47. The van der Waals surface area contributed by atoms with Crippen molar-refractivity contribution in [1.29, 1.82) is 0 Å². The maximum atomic E-state index is 6.90. The van der Waals surface area contributed by atoms with Gasteiger partial charge < -0.3 is 14.2 Å². The van der Waals surface area contributed by atoms with Crippen LogP contribution in [0.15, 0.2) is 101 Å². The fraction of sp³-hybridized carbons (Fsp3) is 0.152. The Labute approximate surface area is 218 Å². The molecule has 178 valence electrons. The summed E-state index contributed by atoms with van der Waals surface area (Å²) in [5, 5.41) is 0. The monoisotopic (exact) mass is 478 g/mol. The van der Waals surface area contributed by atoms with E-state index in [1.54, 1.807) is 0 Å². The summed E-state index contributed by atoms with van der Waals surface area (Å²) in [4.78, 5) is 4.93. The van der Waals surface area contributed by atoms with Crippen molar-refractivity contribution in [3.8, 4) is 0 Å². The van der Waals surface area contributed by atoms with Crippen LogP contribution in [-0.2, 0) is 12.8 Å². The predicted octanol–water partition coefficient (Wildman–Crippen LogP) is 6.55. The van der Waals surface area contributed by atoms with Crippen molar-refractivity contribution in [2.45, 2.75) is 32.6 Å². The van der Waals surface area contributed by atoms with Gasteiger partial charge in [-0.1, -0.05) is 54.6 Å². The molecule has 4 aromatic carbocycles. The van der Waals surface area contributed by atoms with Crippen molar-refractivity contribution >= 4 is 57.4 Å². The minimum atomic E-state index is 0.0716. The van der Waals surface area contributed by atoms with E-state index in [1.807, 2.05) is 0 Å². The van der Waals surface area contributed by atoms with Gasteiger partial charge in [0, 0.05) is 40.4 Å². The van der Waals surface area contributed by atoms with E-state index in [0.717, 1.165) is 18.5 Å². The Kier molecular flexibility index (Phi) is 4.48. The van der Waals surface area contributed by atoms with Crippen molar-refractivity contribution in [2.75, 3.05) is 9.80 Å². The van der Waals surface area contributed by atoms with Gasteiger partial charge in [-0.2, -0.15) is 0 Å². The first kappa shape index (κ1) is 21.0. The van der Waals surface area contributed by atoms with E-state index in [-0.39, 0.29) is 6.71 Å². The number of anilines is 6. The summed E-state index contributed by atoms with van der Waals surface area (Å²) in [5.74, 6) is 1.19. The smallest absolute Gasteiger partial charge is 0.297 e. The van der Waals surface area contributed by atoms with Gasteiger partial charge in [0.1, 0.15) is 5.76 Å². The summed E-state index contributed by atoms with van der Waals surface area (Å²) >= 11 is 0. The number of nitrogens with zero attached hydrogens (tertiary/aromatic N) is 2. The molecule has 0 radical (unpaired) electrons. The van der Waals surface area contributed by atoms with Crippen molar-refractivity contribution in [1.82, 2.24) is 0 Å². The molecule has 0 amide bonds. The number of rotatable bonds is 2. The van der Waals surface area contributed by atoms with E-state index < -0.39 is 0 Å². The zero-order valence-corrected chi connectivity index (χ0v) is 20.9. The Morgan fingerprint density at radius 2 is 1.30 bits per heavy atom. The number of furan rings is 1. The molecule has 3 heterocycles. The summed E-state index contributed by atoms with van der Waals surface area (Å²) < 4.78 is 6.90. The minimum Gasteiger partial charge on any atom is -0.473 e. The van der Waals surface area contributed by atoms with E-state index in [0.29, 0.717) is 0 Å². The average Bonchev–Trinajstić information content (AvgIpc) is 3.33. The lowest BCUT2D eigenvalue weighted by Crippen LogP contribution is -2.61. The molecule has 0 fully saturated rings. The largest absolute Gasteiger partial charge is 0.473 e. The topological polar surface area (TPSA) is 19.6 Å². The normalized spacial score (nSPS) is 15.1. The molecule has 0 unspecified atom stereocenters.